The van der Waals surface area contributed by atoms with Crippen LogP contribution in [0.5, 0.6) is 0 Å². The van der Waals surface area contributed by atoms with Crippen molar-refractivity contribution in [3.63, 3.8) is 0 Å². The van der Waals surface area contributed by atoms with E-state index in [9.17, 15) is 4.79 Å². The van der Waals surface area contributed by atoms with E-state index in [0.717, 1.165) is 36.5 Å². The first-order valence-corrected chi connectivity index (χ1v) is 5.39. The molecule has 0 spiro atoms. The van der Waals surface area contributed by atoms with E-state index in [-0.39, 0.29) is 25.3 Å². The molecule has 0 aromatic carbocycles. The van der Waals surface area contributed by atoms with Crippen molar-refractivity contribution in [2.45, 2.75) is 19.4 Å². The Morgan fingerprint density at radius 2 is 2.40 bits per heavy atom. The van der Waals surface area contributed by atoms with Crippen LogP contribution in [0.4, 0.5) is 0 Å². The van der Waals surface area contributed by atoms with E-state index < -0.39 is 5.97 Å². The maximum atomic E-state index is 10.7. The fourth-order valence-corrected chi connectivity index (χ4v) is 2.66. The van der Waals surface area contributed by atoms with Crippen LogP contribution in [0.2, 0.25) is 0 Å². The van der Waals surface area contributed by atoms with Crippen LogP contribution >= 0.6 is 11.3 Å². The van der Waals surface area contributed by atoms with Gasteiger partial charge in [0.2, 0.25) is 5.01 Å². The second-order valence-electron chi connectivity index (χ2n) is 3.54. The number of carboxylic acid groups (broad SMARTS) is 1. The molecule has 15 heavy (non-hydrogen) atoms. The van der Waals surface area contributed by atoms with Crippen molar-refractivity contribution in [1.82, 2.24) is 9.88 Å². The number of hydrogen-bond donors (Lipinski definition) is 1. The van der Waals surface area contributed by atoms with Gasteiger partial charge in [0.1, 0.15) is 0 Å². The minimum absolute atomic E-state index is 0. The average Bonchev–Trinajstić information content (AvgIpc) is 2.42. The summed E-state index contributed by atoms with van der Waals surface area (Å²) in [6, 6.07) is 0. The summed E-state index contributed by atoms with van der Waals surface area (Å²) in [4.78, 5) is 18.2. The average molecular weight is 220 g/mol. The van der Waals surface area contributed by atoms with Crippen molar-refractivity contribution in [2.75, 3.05) is 13.6 Å². The van der Waals surface area contributed by atoms with Crippen molar-refractivity contribution in [2.24, 2.45) is 0 Å². The Morgan fingerprint density at radius 3 is 3.07 bits per heavy atom. The first kappa shape index (κ1) is 12.7. The van der Waals surface area contributed by atoms with Gasteiger partial charge in [-0.05, 0) is 26.4 Å². The monoisotopic (exact) mass is 220 g/mol. The smallest absolute Gasteiger partial charge is 1.00 e. The predicted octanol–water partition coefficient (Wildman–Crippen LogP) is -1.66. The van der Waals surface area contributed by atoms with Crippen molar-refractivity contribution in [1.29, 1.82) is 0 Å². The molecule has 1 aliphatic rings. The fraction of sp³-hybridized carbons (Fsp3) is 0.556. The molecular weight excluding hydrogens is 207 g/mol. The third-order valence-electron chi connectivity index (χ3n) is 2.33. The third kappa shape index (κ3) is 2.82. The summed E-state index contributed by atoms with van der Waals surface area (Å²) < 4.78 is 0. The van der Waals surface area contributed by atoms with Gasteiger partial charge >= 0.3 is 24.8 Å². The van der Waals surface area contributed by atoms with E-state index in [0.29, 0.717) is 0 Å². The minimum atomic E-state index is -0.911. The van der Waals surface area contributed by atoms with Gasteiger partial charge in [0.05, 0.1) is 5.69 Å². The molecule has 0 fully saturated rings. The zero-order chi connectivity index (χ0) is 10.1. The molecule has 1 aromatic heterocycles. The number of aromatic carboxylic acids is 1. The molecule has 2 heterocycles. The zero-order valence-corrected chi connectivity index (χ0v) is 9.80. The summed E-state index contributed by atoms with van der Waals surface area (Å²) in [5, 5.41) is 9.03. The van der Waals surface area contributed by atoms with Gasteiger partial charge in [-0.2, -0.15) is 0 Å². The zero-order valence-electron chi connectivity index (χ0n) is 9.99. The molecule has 0 unspecified atom stereocenters. The van der Waals surface area contributed by atoms with Crippen LogP contribution in [0.25, 0.3) is 0 Å². The summed E-state index contributed by atoms with van der Waals surface area (Å²) in [6.07, 6.45) is 1.97. The topological polar surface area (TPSA) is 53.4 Å². The molecule has 0 bridgehead atoms. The molecule has 0 saturated heterocycles. The summed E-state index contributed by atoms with van der Waals surface area (Å²) in [5.74, 6) is -0.911. The summed E-state index contributed by atoms with van der Waals surface area (Å²) >= 11 is 1.31. The summed E-state index contributed by atoms with van der Waals surface area (Å²) in [5.41, 5.74) is 0.983. The van der Waals surface area contributed by atoms with Crippen LogP contribution in [-0.4, -0.2) is 34.6 Å². The number of carbonyl (C=O) groups is 1. The first-order chi connectivity index (χ1) is 6.66. The van der Waals surface area contributed by atoms with E-state index in [1.165, 1.54) is 11.3 Å². The quantitative estimate of drug-likeness (QED) is 0.575. The van der Waals surface area contributed by atoms with Gasteiger partial charge in [-0.15, -0.1) is 11.3 Å². The molecule has 0 amide bonds. The standard InChI is InChI=1S/C9H12N2O2S.Li.H/c1-11-4-2-3-6-7(5-11)14-8(10-6)9(12)13;;/h2-5H2,1H3,(H,12,13);;/q;+1;-1. The minimum Gasteiger partial charge on any atom is -1.00 e. The van der Waals surface area contributed by atoms with Gasteiger partial charge in [0.25, 0.3) is 0 Å². The SMILES string of the molecule is CN1CCCc2nc(C(=O)O)sc2C1.[H-].[Li+]. The van der Waals surface area contributed by atoms with E-state index in [1.54, 1.807) is 0 Å². The normalized spacial score (nSPS) is 16.3. The summed E-state index contributed by atoms with van der Waals surface area (Å²) in [7, 11) is 2.05. The molecule has 78 valence electrons. The molecule has 4 nitrogen and oxygen atoms in total. The first-order valence-electron chi connectivity index (χ1n) is 4.57. The summed E-state index contributed by atoms with van der Waals surface area (Å²) in [6.45, 7) is 1.89. The van der Waals surface area contributed by atoms with Crippen molar-refractivity contribution >= 4 is 17.3 Å². The van der Waals surface area contributed by atoms with Crippen LogP contribution in [0.15, 0.2) is 0 Å². The molecule has 1 N–H and O–H groups in total. The number of aromatic nitrogens is 1. The number of thiazole rings is 1. The maximum absolute atomic E-state index is 10.7. The number of nitrogens with zero attached hydrogens (tertiary/aromatic N) is 2. The van der Waals surface area contributed by atoms with Gasteiger partial charge < -0.3 is 11.4 Å². The van der Waals surface area contributed by atoms with Crippen molar-refractivity contribution < 1.29 is 30.2 Å². The van der Waals surface area contributed by atoms with Crippen molar-refractivity contribution in [3.05, 3.63) is 15.6 Å². The van der Waals surface area contributed by atoms with E-state index in [2.05, 4.69) is 16.9 Å². The predicted molar refractivity (Wildman–Crippen MR) is 54.8 cm³/mol. The van der Waals surface area contributed by atoms with Crippen LogP contribution in [0.1, 0.15) is 28.2 Å². The van der Waals surface area contributed by atoms with Gasteiger partial charge in [0.15, 0.2) is 0 Å². The number of carboxylic acids is 1. The molecule has 2 rings (SSSR count). The van der Waals surface area contributed by atoms with Gasteiger partial charge in [-0.25, -0.2) is 9.78 Å². The Morgan fingerprint density at radius 1 is 1.67 bits per heavy atom. The molecule has 0 radical (unpaired) electrons. The molecular formula is C9H13LiN2O2S. The molecule has 0 atom stereocenters. The number of aryl methyl sites for hydroxylation is 1. The largest absolute Gasteiger partial charge is 1.00 e. The Labute approximate surface area is 106 Å². The van der Waals surface area contributed by atoms with Crippen LogP contribution in [0.3, 0.4) is 0 Å². The fourth-order valence-electron chi connectivity index (χ4n) is 1.63. The van der Waals surface area contributed by atoms with E-state index >= 15 is 0 Å². The number of hydrogen-bond acceptors (Lipinski definition) is 4. The number of rotatable bonds is 1. The van der Waals surface area contributed by atoms with Gasteiger partial charge in [0, 0.05) is 11.4 Å². The van der Waals surface area contributed by atoms with E-state index in [4.69, 9.17) is 5.11 Å². The Kier molecular flexibility index (Phi) is 4.35. The third-order valence-corrected chi connectivity index (χ3v) is 3.40. The second-order valence-corrected chi connectivity index (χ2v) is 4.62. The molecule has 0 aliphatic carbocycles. The second kappa shape index (κ2) is 5.13. The Bertz CT molecular complexity index is 372. The Hall–Kier alpha value is -0.343. The van der Waals surface area contributed by atoms with E-state index in [1.807, 2.05) is 0 Å². The number of fused-ring (bicyclic) bond motifs is 1. The maximum Gasteiger partial charge on any atom is 1.00 e. The molecule has 0 saturated carbocycles. The van der Waals surface area contributed by atoms with Gasteiger partial charge in [-0.3, -0.25) is 0 Å². The Balaban J connectivity index is 0.00000112. The van der Waals surface area contributed by atoms with Crippen LogP contribution < -0.4 is 18.9 Å². The van der Waals surface area contributed by atoms with Crippen LogP contribution in [0, 0.1) is 0 Å². The molecule has 1 aromatic rings. The van der Waals surface area contributed by atoms with Gasteiger partial charge in [-0.1, -0.05) is 0 Å². The van der Waals surface area contributed by atoms with Crippen LogP contribution in [-0.2, 0) is 13.0 Å². The van der Waals surface area contributed by atoms with Crippen molar-refractivity contribution in [3.8, 4) is 0 Å². The molecule has 1 aliphatic heterocycles. The molecule has 6 heteroatoms.